The van der Waals surface area contributed by atoms with Crippen molar-refractivity contribution in [1.82, 2.24) is 9.78 Å². The molecule has 1 aromatic heterocycles. The lowest BCUT2D eigenvalue weighted by molar-refractivity contribution is 0.0963. The highest BCUT2D eigenvalue weighted by Gasteiger charge is 2.31. The number of hydrogen-bond acceptors (Lipinski definition) is 3. The zero-order valence-corrected chi connectivity index (χ0v) is 13.5. The fourth-order valence-electron chi connectivity index (χ4n) is 3.46. The molecule has 4 nitrogen and oxygen atoms in total. The van der Waals surface area contributed by atoms with Crippen LogP contribution in [0.1, 0.15) is 34.0 Å². The Bertz CT molecular complexity index is 884. The average Bonchev–Trinajstić information content (AvgIpc) is 3.07. The second kappa shape index (κ2) is 5.96. The molecule has 1 atom stereocenters. The van der Waals surface area contributed by atoms with Gasteiger partial charge in [-0.05, 0) is 30.2 Å². The van der Waals surface area contributed by atoms with E-state index < -0.39 is 0 Å². The predicted molar refractivity (Wildman–Crippen MR) is 92.0 cm³/mol. The lowest BCUT2D eigenvalue weighted by Gasteiger charge is -2.24. The molecule has 1 aliphatic carbocycles. The molecule has 3 aromatic rings. The molecule has 0 aliphatic heterocycles. The molecule has 0 spiro atoms. The van der Waals surface area contributed by atoms with E-state index in [2.05, 4.69) is 5.10 Å². The van der Waals surface area contributed by atoms with Gasteiger partial charge in [0.1, 0.15) is 5.75 Å². The number of carbonyl (C=O) groups excluding carboxylic acids is 1. The molecule has 0 bridgehead atoms. The quantitative estimate of drug-likeness (QED) is 0.738. The number of rotatable bonds is 3. The standard InChI is InChI=1S/C20H18N2O2/c1-24-20-10-6-5-9-16(20)14-11-18-17(19(23)12-14)13-21-22(18)15-7-3-2-4-8-15/h2-10,13-14H,11-12H2,1H3/t14-/m1/s1. The van der Waals surface area contributed by atoms with Crippen LogP contribution in [0.15, 0.2) is 60.8 Å². The van der Waals surface area contributed by atoms with Crippen LogP contribution in [0.25, 0.3) is 5.69 Å². The van der Waals surface area contributed by atoms with Gasteiger partial charge in [-0.2, -0.15) is 5.10 Å². The van der Waals surface area contributed by atoms with Crippen LogP contribution < -0.4 is 4.74 Å². The van der Waals surface area contributed by atoms with Crippen LogP contribution in [-0.2, 0) is 6.42 Å². The normalized spacial score (nSPS) is 16.7. The average molecular weight is 318 g/mol. The van der Waals surface area contributed by atoms with Gasteiger partial charge in [0.05, 0.1) is 30.3 Å². The van der Waals surface area contributed by atoms with Gasteiger partial charge in [-0.25, -0.2) is 4.68 Å². The van der Waals surface area contributed by atoms with Crippen molar-refractivity contribution >= 4 is 5.78 Å². The Kier molecular flexibility index (Phi) is 3.65. The van der Waals surface area contributed by atoms with E-state index in [-0.39, 0.29) is 11.7 Å². The van der Waals surface area contributed by atoms with E-state index in [1.165, 1.54) is 0 Å². The summed E-state index contributed by atoms with van der Waals surface area (Å²) in [5.74, 6) is 1.10. The maximum atomic E-state index is 12.6. The number of nitrogens with zero attached hydrogens (tertiary/aromatic N) is 2. The molecule has 4 heteroatoms. The first-order valence-electron chi connectivity index (χ1n) is 8.06. The third kappa shape index (κ3) is 2.40. The third-order valence-electron chi connectivity index (χ3n) is 4.62. The number of benzene rings is 2. The number of Topliss-reactive ketones (excluding diaryl/α,β-unsaturated/α-hetero) is 1. The Morgan fingerprint density at radius 3 is 2.58 bits per heavy atom. The summed E-state index contributed by atoms with van der Waals surface area (Å²) < 4.78 is 7.37. The first kappa shape index (κ1) is 14.7. The van der Waals surface area contributed by atoms with Crippen LogP contribution in [0.5, 0.6) is 5.75 Å². The second-order valence-electron chi connectivity index (χ2n) is 6.02. The summed E-state index contributed by atoms with van der Waals surface area (Å²) in [4.78, 5) is 12.6. The summed E-state index contributed by atoms with van der Waals surface area (Å²) in [7, 11) is 1.67. The van der Waals surface area contributed by atoms with Crippen LogP contribution in [-0.4, -0.2) is 22.7 Å². The second-order valence-corrected chi connectivity index (χ2v) is 6.02. The Labute approximate surface area is 140 Å². The lowest BCUT2D eigenvalue weighted by Crippen LogP contribution is -2.20. The van der Waals surface area contributed by atoms with Gasteiger partial charge in [0.15, 0.2) is 5.78 Å². The van der Waals surface area contributed by atoms with Crippen molar-refractivity contribution in [3.8, 4) is 11.4 Å². The zero-order valence-electron chi connectivity index (χ0n) is 13.5. The Morgan fingerprint density at radius 2 is 1.79 bits per heavy atom. The highest BCUT2D eigenvalue weighted by molar-refractivity contribution is 5.98. The largest absolute Gasteiger partial charge is 0.496 e. The van der Waals surface area contributed by atoms with Gasteiger partial charge in [-0.3, -0.25) is 4.79 Å². The predicted octanol–water partition coefficient (Wildman–Crippen LogP) is 3.79. The van der Waals surface area contributed by atoms with Gasteiger partial charge in [0.25, 0.3) is 0 Å². The van der Waals surface area contributed by atoms with Crippen molar-refractivity contribution in [2.24, 2.45) is 0 Å². The fraction of sp³-hybridized carbons (Fsp3) is 0.200. The summed E-state index contributed by atoms with van der Waals surface area (Å²) in [6.45, 7) is 0. The minimum atomic E-state index is 0.111. The number of fused-ring (bicyclic) bond motifs is 1. The molecule has 1 heterocycles. The van der Waals surface area contributed by atoms with E-state index in [0.29, 0.717) is 6.42 Å². The Balaban J connectivity index is 1.77. The van der Waals surface area contributed by atoms with Crippen LogP contribution in [0.4, 0.5) is 0 Å². The first-order chi connectivity index (χ1) is 11.8. The number of aromatic nitrogens is 2. The van der Waals surface area contributed by atoms with E-state index in [1.54, 1.807) is 13.3 Å². The van der Waals surface area contributed by atoms with Crippen molar-refractivity contribution < 1.29 is 9.53 Å². The molecule has 4 rings (SSSR count). The molecule has 0 radical (unpaired) electrons. The highest BCUT2D eigenvalue weighted by Crippen LogP contribution is 2.37. The number of hydrogen-bond donors (Lipinski definition) is 0. The Hall–Kier alpha value is -2.88. The van der Waals surface area contributed by atoms with Gasteiger partial charge in [0, 0.05) is 12.3 Å². The van der Waals surface area contributed by atoms with Gasteiger partial charge >= 0.3 is 0 Å². The molecule has 0 N–H and O–H groups in total. The van der Waals surface area contributed by atoms with E-state index in [4.69, 9.17) is 4.74 Å². The van der Waals surface area contributed by atoms with E-state index in [0.717, 1.165) is 34.7 Å². The molecular formula is C20H18N2O2. The molecule has 0 unspecified atom stereocenters. The van der Waals surface area contributed by atoms with Crippen molar-refractivity contribution in [1.29, 1.82) is 0 Å². The van der Waals surface area contributed by atoms with E-state index in [1.807, 2.05) is 59.3 Å². The van der Waals surface area contributed by atoms with Crippen LogP contribution >= 0.6 is 0 Å². The fourth-order valence-corrected chi connectivity index (χ4v) is 3.46. The van der Waals surface area contributed by atoms with Gasteiger partial charge < -0.3 is 4.74 Å². The van der Waals surface area contributed by atoms with Crippen molar-refractivity contribution in [3.05, 3.63) is 77.6 Å². The number of methoxy groups -OCH3 is 1. The molecule has 2 aromatic carbocycles. The minimum absolute atomic E-state index is 0.111. The van der Waals surface area contributed by atoms with Crippen molar-refractivity contribution in [2.45, 2.75) is 18.8 Å². The molecular weight excluding hydrogens is 300 g/mol. The summed E-state index contributed by atoms with van der Waals surface area (Å²) in [5, 5.41) is 4.45. The van der Waals surface area contributed by atoms with Gasteiger partial charge in [0.2, 0.25) is 0 Å². The topological polar surface area (TPSA) is 44.1 Å². The Morgan fingerprint density at radius 1 is 1.04 bits per heavy atom. The summed E-state index contributed by atoms with van der Waals surface area (Å²) in [6, 6.07) is 17.9. The molecule has 120 valence electrons. The maximum absolute atomic E-state index is 12.6. The van der Waals surface area contributed by atoms with Gasteiger partial charge in [-0.1, -0.05) is 36.4 Å². The number of ether oxygens (including phenoxy) is 1. The smallest absolute Gasteiger partial charge is 0.166 e. The zero-order chi connectivity index (χ0) is 16.5. The molecule has 0 saturated heterocycles. The molecule has 1 aliphatic rings. The van der Waals surface area contributed by atoms with E-state index in [9.17, 15) is 4.79 Å². The van der Waals surface area contributed by atoms with Crippen LogP contribution in [0.2, 0.25) is 0 Å². The van der Waals surface area contributed by atoms with Crippen molar-refractivity contribution in [3.63, 3.8) is 0 Å². The molecule has 0 saturated carbocycles. The van der Waals surface area contributed by atoms with Crippen LogP contribution in [0, 0.1) is 0 Å². The molecule has 0 amide bonds. The minimum Gasteiger partial charge on any atom is -0.496 e. The van der Waals surface area contributed by atoms with E-state index >= 15 is 0 Å². The summed E-state index contributed by atoms with van der Waals surface area (Å²) in [6.07, 6.45) is 2.97. The lowest BCUT2D eigenvalue weighted by atomic mass is 9.82. The number of carbonyl (C=O) groups is 1. The third-order valence-corrected chi connectivity index (χ3v) is 4.62. The highest BCUT2D eigenvalue weighted by atomic mass is 16.5. The van der Waals surface area contributed by atoms with Crippen LogP contribution in [0.3, 0.4) is 0 Å². The maximum Gasteiger partial charge on any atom is 0.166 e. The monoisotopic (exact) mass is 318 g/mol. The van der Waals surface area contributed by atoms with Crippen molar-refractivity contribution in [2.75, 3.05) is 7.11 Å². The summed E-state index contributed by atoms with van der Waals surface area (Å²) >= 11 is 0. The summed E-state index contributed by atoms with van der Waals surface area (Å²) in [5.41, 5.74) is 3.78. The first-order valence-corrected chi connectivity index (χ1v) is 8.06. The number of para-hydroxylation sites is 2. The van der Waals surface area contributed by atoms with Gasteiger partial charge in [-0.15, -0.1) is 0 Å². The number of ketones is 1. The molecule has 0 fully saturated rings. The SMILES string of the molecule is COc1ccccc1[C@H]1CC(=O)c2cnn(-c3ccccc3)c2C1. The molecule has 24 heavy (non-hydrogen) atoms.